The van der Waals surface area contributed by atoms with Gasteiger partial charge >= 0.3 is 5.97 Å². The number of carbonyl (C=O) groups excluding carboxylic acids is 1. The summed E-state index contributed by atoms with van der Waals surface area (Å²) < 4.78 is 10.7. The summed E-state index contributed by atoms with van der Waals surface area (Å²) in [5, 5.41) is 0. The van der Waals surface area contributed by atoms with Gasteiger partial charge in [-0.3, -0.25) is 0 Å². The Labute approximate surface area is 84.1 Å². The highest BCUT2D eigenvalue weighted by Gasteiger charge is 2.57. The molecule has 78 valence electrons. The number of hydrogen-bond acceptors (Lipinski definition) is 3. The minimum atomic E-state index is -0.306. The lowest BCUT2D eigenvalue weighted by Gasteiger charge is -2.16. The van der Waals surface area contributed by atoms with Crippen LogP contribution in [-0.4, -0.2) is 24.3 Å². The van der Waals surface area contributed by atoms with Crippen molar-refractivity contribution in [3.05, 3.63) is 12.2 Å². The van der Waals surface area contributed by atoms with Gasteiger partial charge in [0.15, 0.2) is 0 Å². The maximum Gasteiger partial charge on any atom is 0.333 e. The van der Waals surface area contributed by atoms with E-state index in [0.717, 1.165) is 12.8 Å². The number of carbonyl (C=O) groups is 1. The third-order valence-electron chi connectivity index (χ3n) is 3.02. The zero-order chi connectivity index (χ0) is 10.2. The smallest absolute Gasteiger partial charge is 0.333 e. The van der Waals surface area contributed by atoms with Gasteiger partial charge in [0.25, 0.3) is 0 Å². The summed E-state index contributed by atoms with van der Waals surface area (Å²) in [7, 11) is 0. The van der Waals surface area contributed by atoms with Gasteiger partial charge in [0.2, 0.25) is 0 Å². The van der Waals surface area contributed by atoms with Crippen molar-refractivity contribution in [3.8, 4) is 0 Å². The molecule has 0 bridgehead atoms. The van der Waals surface area contributed by atoms with E-state index in [1.54, 1.807) is 6.92 Å². The molecule has 2 fully saturated rings. The van der Waals surface area contributed by atoms with E-state index in [9.17, 15) is 4.79 Å². The Bertz CT molecular complexity index is 272. The highest BCUT2D eigenvalue weighted by molar-refractivity contribution is 5.86. The third kappa shape index (κ3) is 1.69. The highest BCUT2D eigenvalue weighted by Crippen LogP contribution is 2.47. The van der Waals surface area contributed by atoms with Crippen molar-refractivity contribution in [1.82, 2.24) is 0 Å². The van der Waals surface area contributed by atoms with Crippen molar-refractivity contribution in [1.29, 1.82) is 0 Å². The van der Waals surface area contributed by atoms with Crippen LogP contribution in [0.15, 0.2) is 12.2 Å². The van der Waals surface area contributed by atoms with Crippen molar-refractivity contribution < 1.29 is 14.3 Å². The Morgan fingerprint density at radius 1 is 1.64 bits per heavy atom. The van der Waals surface area contributed by atoms with Gasteiger partial charge in [0, 0.05) is 5.57 Å². The lowest BCUT2D eigenvalue weighted by molar-refractivity contribution is -0.140. The number of fused-ring (bicyclic) bond motifs is 1. The molecule has 3 heteroatoms. The monoisotopic (exact) mass is 196 g/mol. The Kier molecular flexibility index (Phi) is 2.35. The number of hydrogen-bond donors (Lipinski definition) is 0. The molecule has 1 aliphatic heterocycles. The first kappa shape index (κ1) is 9.71. The molecule has 2 rings (SSSR count). The van der Waals surface area contributed by atoms with Crippen LogP contribution in [0.4, 0.5) is 0 Å². The van der Waals surface area contributed by atoms with E-state index in [1.165, 1.54) is 12.8 Å². The molecule has 1 saturated heterocycles. The van der Waals surface area contributed by atoms with Gasteiger partial charge in [-0.1, -0.05) is 19.4 Å². The summed E-state index contributed by atoms with van der Waals surface area (Å²) in [5.74, 6) is -0.306. The molecule has 2 atom stereocenters. The second-order valence-corrected chi connectivity index (χ2v) is 4.27. The molecule has 0 spiro atoms. The van der Waals surface area contributed by atoms with Crippen molar-refractivity contribution in [2.24, 2.45) is 0 Å². The molecule has 2 unspecified atom stereocenters. The fourth-order valence-corrected chi connectivity index (χ4v) is 2.06. The Morgan fingerprint density at radius 3 is 3.07 bits per heavy atom. The average molecular weight is 196 g/mol. The van der Waals surface area contributed by atoms with Crippen molar-refractivity contribution in [2.75, 3.05) is 6.61 Å². The molecule has 2 aliphatic rings. The second-order valence-electron chi connectivity index (χ2n) is 4.27. The van der Waals surface area contributed by atoms with Gasteiger partial charge in [-0.2, -0.15) is 0 Å². The number of rotatable bonds is 3. The van der Waals surface area contributed by atoms with Crippen LogP contribution < -0.4 is 0 Å². The molecular weight excluding hydrogens is 180 g/mol. The van der Waals surface area contributed by atoms with Crippen LogP contribution in [0.25, 0.3) is 0 Å². The van der Waals surface area contributed by atoms with E-state index in [0.29, 0.717) is 18.3 Å². The Morgan fingerprint density at radius 2 is 2.43 bits per heavy atom. The van der Waals surface area contributed by atoms with Gasteiger partial charge in [-0.25, -0.2) is 4.79 Å². The SMILES string of the molecule is C=C(C)C(=O)OCC12CCCCC1O2. The van der Waals surface area contributed by atoms with E-state index >= 15 is 0 Å². The lowest BCUT2D eigenvalue weighted by Crippen LogP contribution is -2.27. The zero-order valence-corrected chi connectivity index (χ0v) is 8.54. The largest absolute Gasteiger partial charge is 0.459 e. The van der Waals surface area contributed by atoms with Gasteiger partial charge in [-0.05, 0) is 19.8 Å². The molecule has 1 aliphatic carbocycles. The van der Waals surface area contributed by atoms with E-state index < -0.39 is 0 Å². The van der Waals surface area contributed by atoms with Crippen molar-refractivity contribution in [2.45, 2.75) is 44.3 Å². The standard InChI is InChI=1S/C11H16O3/c1-8(2)10(12)13-7-11-6-4-3-5-9(11)14-11/h9H,1,3-7H2,2H3. The average Bonchev–Trinajstić information content (AvgIpc) is 2.88. The van der Waals surface area contributed by atoms with E-state index in [-0.39, 0.29) is 11.6 Å². The van der Waals surface area contributed by atoms with Crippen molar-refractivity contribution >= 4 is 5.97 Å². The Hall–Kier alpha value is -0.830. The number of esters is 1. The van der Waals surface area contributed by atoms with Gasteiger partial charge in [0.05, 0.1) is 6.10 Å². The molecule has 0 aromatic heterocycles. The highest BCUT2D eigenvalue weighted by atomic mass is 16.6. The summed E-state index contributed by atoms with van der Waals surface area (Å²) in [4.78, 5) is 11.2. The van der Waals surface area contributed by atoms with Crippen LogP contribution in [0.5, 0.6) is 0 Å². The van der Waals surface area contributed by atoms with Crippen LogP contribution in [0.1, 0.15) is 32.6 Å². The number of epoxide rings is 1. The lowest BCUT2D eigenvalue weighted by atomic mass is 9.90. The number of ether oxygens (including phenoxy) is 2. The van der Waals surface area contributed by atoms with Gasteiger partial charge in [-0.15, -0.1) is 0 Å². The van der Waals surface area contributed by atoms with Crippen LogP contribution >= 0.6 is 0 Å². The molecular formula is C11H16O3. The summed E-state index contributed by atoms with van der Waals surface area (Å²) in [6.45, 7) is 5.60. The molecule has 0 aromatic carbocycles. The molecule has 14 heavy (non-hydrogen) atoms. The maximum absolute atomic E-state index is 11.2. The molecule has 0 N–H and O–H groups in total. The quantitative estimate of drug-likeness (QED) is 0.392. The fourth-order valence-electron chi connectivity index (χ4n) is 2.06. The molecule has 0 aromatic rings. The van der Waals surface area contributed by atoms with Crippen molar-refractivity contribution in [3.63, 3.8) is 0 Å². The zero-order valence-electron chi connectivity index (χ0n) is 8.54. The first-order chi connectivity index (χ1) is 6.64. The normalized spacial score (nSPS) is 34.5. The molecule has 0 radical (unpaired) electrons. The third-order valence-corrected chi connectivity index (χ3v) is 3.02. The molecule has 3 nitrogen and oxygen atoms in total. The van der Waals surface area contributed by atoms with Crippen LogP contribution in [0, 0.1) is 0 Å². The molecule has 1 saturated carbocycles. The summed E-state index contributed by atoms with van der Waals surface area (Å²) in [5.41, 5.74) is 0.331. The first-order valence-electron chi connectivity index (χ1n) is 5.14. The predicted molar refractivity (Wildman–Crippen MR) is 51.8 cm³/mol. The maximum atomic E-state index is 11.2. The fraction of sp³-hybridized carbons (Fsp3) is 0.727. The van der Waals surface area contributed by atoms with E-state index in [2.05, 4.69) is 6.58 Å². The molecule has 1 heterocycles. The summed E-state index contributed by atoms with van der Waals surface area (Å²) in [6, 6.07) is 0. The van der Waals surface area contributed by atoms with Crippen LogP contribution in [-0.2, 0) is 14.3 Å². The first-order valence-corrected chi connectivity index (χ1v) is 5.14. The van der Waals surface area contributed by atoms with Gasteiger partial charge in [0.1, 0.15) is 12.2 Å². The summed E-state index contributed by atoms with van der Waals surface area (Å²) in [6.07, 6.45) is 4.91. The van der Waals surface area contributed by atoms with E-state index in [1.807, 2.05) is 0 Å². The van der Waals surface area contributed by atoms with Crippen LogP contribution in [0.2, 0.25) is 0 Å². The second kappa shape index (κ2) is 3.39. The Balaban J connectivity index is 1.81. The van der Waals surface area contributed by atoms with Gasteiger partial charge < -0.3 is 9.47 Å². The predicted octanol–water partition coefficient (Wildman–Crippen LogP) is 1.82. The minimum absolute atomic E-state index is 0.122. The van der Waals surface area contributed by atoms with E-state index in [4.69, 9.17) is 9.47 Å². The minimum Gasteiger partial charge on any atom is -0.459 e. The topological polar surface area (TPSA) is 38.8 Å². The van der Waals surface area contributed by atoms with Crippen LogP contribution in [0.3, 0.4) is 0 Å². The molecule has 0 amide bonds. The summed E-state index contributed by atoms with van der Waals surface area (Å²) >= 11 is 0.